The van der Waals surface area contributed by atoms with Crippen molar-refractivity contribution in [1.82, 2.24) is 0 Å². The number of hydrogen-bond acceptors (Lipinski definition) is 3. The maximum Gasteiger partial charge on any atom is 0.125 e. The molecule has 2 aromatic carbocycles. The second kappa shape index (κ2) is 7.43. The largest absolute Gasteiger partial charge is 0.497 e. The maximum atomic E-state index is 6.00. The summed E-state index contributed by atoms with van der Waals surface area (Å²) < 4.78 is 16.3. The van der Waals surface area contributed by atoms with Gasteiger partial charge in [0.2, 0.25) is 0 Å². The third kappa shape index (κ3) is 3.96. The van der Waals surface area contributed by atoms with E-state index in [9.17, 15) is 0 Å². The van der Waals surface area contributed by atoms with Gasteiger partial charge in [-0.3, -0.25) is 0 Å². The lowest BCUT2D eigenvalue weighted by Crippen LogP contribution is -2.01. The fourth-order valence-corrected chi connectivity index (χ4v) is 2.35. The number of hydrogen-bond donors (Lipinski definition) is 0. The molecule has 0 saturated carbocycles. The molecule has 3 nitrogen and oxygen atoms in total. The van der Waals surface area contributed by atoms with E-state index in [1.165, 1.54) is 0 Å². The molecule has 0 bridgehead atoms. The van der Waals surface area contributed by atoms with Crippen LogP contribution in [0.3, 0.4) is 0 Å². The minimum absolute atomic E-state index is 0.346. The Kier molecular flexibility index (Phi) is 5.59. The summed E-state index contributed by atoms with van der Waals surface area (Å²) in [7, 11) is 3.23. The SMILES string of the molecule is COc1ccc(OCc2cc(Cl)ccc2OC)c(CCl)c1. The first-order chi connectivity index (χ1) is 10.2. The van der Waals surface area contributed by atoms with Crippen molar-refractivity contribution >= 4 is 23.2 Å². The van der Waals surface area contributed by atoms with Gasteiger partial charge in [0, 0.05) is 16.1 Å². The highest BCUT2D eigenvalue weighted by Gasteiger charge is 2.08. The van der Waals surface area contributed by atoms with Gasteiger partial charge in [-0.2, -0.15) is 0 Å². The van der Waals surface area contributed by atoms with Crippen molar-refractivity contribution in [2.24, 2.45) is 0 Å². The standard InChI is InChI=1S/C16H16Cl2O3/c1-19-14-4-6-16(11(8-14)9-17)21-10-12-7-13(18)3-5-15(12)20-2/h3-8H,9-10H2,1-2H3. The van der Waals surface area contributed by atoms with Crippen molar-refractivity contribution < 1.29 is 14.2 Å². The molecule has 21 heavy (non-hydrogen) atoms. The van der Waals surface area contributed by atoms with Crippen molar-refractivity contribution in [3.05, 3.63) is 52.5 Å². The van der Waals surface area contributed by atoms with Crippen LogP contribution in [-0.4, -0.2) is 14.2 Å². The molecule has 0 aliphatic rings. The molecule has 0 atom stereocenters. The van der Waals surface area contributed by atoms with E-state index in [4.69, 9.17) is 37.4 Å². The predicted octanol–water partition coefficient (Wildman–Crippen LogP) is 4.68. The fourth-order valence-electron chi connectivity index (χ4n) is 1.94. The van der Waals surface area contributed by atoms with E-state index < -0.39 is 0 Å². The van der Waals surface area contributed by atoms with E-state index in [1.54, 1.807) is 20.3 Å². The number of halogens is 2. The van der Waals surface area contributed by atoms with Gasteiger partial charge in [0.15, 0.2) is 0 Å². The smallest absolute Gasteiger partial charge is 0.125 e. The molecule has 2 rings (SSSR count). The maximum absolute atomic E-state index is 6.00. The zero-order valence-electron chi connectivity index (χ0n) is 11.9. The van der Waals surface area contributed by atoms with Gasteiger partial charge >= 0.3 is 0 Å². The van der Waals surface area contributed by atoms with Crippen LogP contribution in [0.2, 0.25) is 5.02 Å². The van der Waals surface area contributed by atoms with Gasteiger partial charge in [-0.05, 0) is 36.4 Å². The summed E-state index contributed by atoms with van der Waals surface area (Å²) in [6, 6.07) is 11.0. The Balaban J connectivity index is 2.18. The van der Waals surface area contributed by atoms with Gasteiger partial charge in [-0.25, -0.2) is 0 Å². The third-order valence-corrected chi connectivity index (χ3v) is 3.56. The second-order valence-electron chi connectivity index (χ2n) is 4.35. The molecule has 0 aliphatic heterocycles. The van der Waals surface area contributed by atoms with E-state index in [2.05, 4.69) is 0 Å². The Morgan fingerprint density at radius 3 is 2.33 bits per heavy atom. The summed E-state index contributed by atoms with van der Waals surface area (Å²) in [6.45, 7) is 0.347. The van der Waals surface area contributed by atoms with Crippen molar-refractivity contribution in [3.8, 4) is 17.2 Å². The Bertz CT molecular complexity index is 614. The average molecular weight is 327 g/mol. The molecule has 0 fully saturated rings. The topological polar surface area (TPSA) is 27.7 Å². The highest BCUT2D eigenvalue weighted by Crippen LogP contribution is 2.28. The van der Waals surface area contributed by atoms with Crippen LogP contribution in [0.15, 0.2) is 36.4 Å². The molecule has 0 spiro atoms. The molecule has 0 aliphatic carbocycles. The van der Waals surface area contributed by atoms with Gasteiger partial charge in [0.25, 0.3) is 0 Å². The average Bonchev–Trinajstić information content (AvgIpc) is 2.52. The van der Waals surface area contributed by atoms with Gasteiger partial charge in [0.05, 0.1) is 20.1 Å². The highest BCUT2D eigenvalue weighted by molar-refractivity contribution is 6.30. The van der Waals surface area contributed by atoms with E-state index in [0.717, 1.165) is 22.6 Å². The summed E-state index contributed by atoms with van der Waals surface area (Å²) in [5, 5.41) is 0.640. The van der Waals surface area contributed by atoms with Crippen LogP contribution in [0.5, 0.6) is 17.2 Å². The normalized spacial score (nSPS) is 10.3. The van der Waals surface area contributed by atoms with Gasteiger partial charge in [-0.15, -0.1) is 11.6 Å². The summed E-state index contributed by atoms with van der Waals surface area (Å²) in [5.41, 5.74) is 1.75. The van der Waals surface area contributed by atoms with Gasteiger partial charge in [0.1, 0.15) is 23.9 Å². The lowest BCUT2D eigenvalue weighted by Gasteiger charge is -2.13. The predicted molar refractivity (Wildman–Crippen MR) is 84.9 cm³/mol. The first kappa shape index (κ1) is 15.8. The molecule has 0 radical (unpaired) electrons. The Morgan fingerprint density at radius 1 is 0.905 bits per heavy atom. The third-order valence-electron chi connectivity index (χ3n) is 3.04. The number of alkyl halides is 1. The van der Waals surface area contributed by atoms with Crippen LogP contribution < -0.4 is 14.2 Å². The Labute approximate surface area is 134 Å². The molecule has 0 N–H and O–H groups in total. The number of benzene rings is 2. The Hall–Kier alpha value is -1.58. The first-order valence-corrected chi connectivity index (χ1v) is 7.27. The second-order valence-corrected chi connectivity index (χ2v) is 5.06. The minimum atomic E-state index is 0.346. The molecule has 0 saturated heterocycles. The van der Waals surface area contributed by atoms with Crippen molar-refractivity contribution in [1.29, 1.82) is 0 Å². The summed E-state index contributed by atoms with van der Waals surface area (Å²) >= 11 is 12.0. The van der Waals surface area contributed by atoms with E-state index in [1.807, 2.05) is 30.3 Å². The summed E-state index contributed by atoms with van der Waals surface area (Å²) in [6.07, 6.45) is 0. The van der Waals surface area contributed by atoms with Crippen molar-refractivity contribution in [3.63, 3.8) is 0 Å². The molecular formula is C16H16Cl2O3. The quantitative estimate of drug-likeness (QED) is 0.721. The number of ether oxygens (including phenoxy) is 3. The minimum Gasteiger partial charge on any atom is -0.497 e. The summed E-state index contributed by atoms with van der Waals surface area (Å²) in [4.78, 5) is 0. The first-order valence-electron chi connectivity index (χ1n) is 6.36. The highest BCUT2D eigenvalue weighted by atomic mass is 35.5. The fraction of sp³-hybridized carbons (Fsp3) is 0.250. The number of rotatable bonds is 6. The van der Waals surface area contributed by atoms with Crippen LogP contribution in [0.4, 0.5) is 0 Å². The molecular weight excluding hydrogens is 311 g/mol. The zero-order valence-corrected chi connectivity index (χ0v) is 13.4. The van der Waals surface area contributed by atoms with Crippen LogP contribution in [0, 0.1) is 0 Å². The van der Waals surface area contributed by atoms with E-state index in [-0.39, 0.29) is 0 Å². The molecule has 0 heterocycles. The molecule has 5 heteroatoms. The molecule has 0 unspecified atom stereocenters. The van der Waals surface area contributed by atoms with Crippen LogP contribution in [-0.2, 0) is 12.5 Å². The number of methoxy groups -OCH3 is 2. The Morgan fingerprint density at radius 2 is 1.67 bits per heavy atom. The molecule has 112 valence electrons. The van der Waals surface area contributed by atoms with Crippen LogP contribution >= 0.6 is 23.2 Å². The lowest BCUT2D eigenvalue weighted by atomic mass is 10.2. The van der Waals surface area contributed by atoms with Crippen LogP contribution in [0.25, 0.3) is 0 Å². The van der Waals surface area contributed by atoms with E-state index >= 15 is 0 Å². The molecule has 0 amide bonds. The molecule has 0 aromatic heterocycles. The van der Waals surface area contributed by atoms with E-state index in [0.29, 0.717) is 23.3 Å². The van der Waals surface area contributed by atoms with Gasteiger partial charge in [-0.1, -0.05) is 11.6 Å². The van der Waals surface area contributed by atoms with Gasteiger partial charge < -0.3 is 14.2 Å². The van der Waals surface area contributed by atoms with Crippen molar-refractivity contribution in [2.45, 2.75) is 12.5 Å². The van der Waals surface area contributed by atoms with Crippen molar-refractivity contribution in [2.75, 3.05) is 14.2 Å². The zero-order chi connectivity index (χ0) is 15.2. The summed E-state index contributed by atoms with van der Waals surface area (Å²) in [5.74, 6) is 2.55. The lowest BCUT2D eigenvalue weighted by molar-refractivity contribution is 0.294. The monoisotopic (exact) mass is 326 g/mol. The van der Waals surface area contributed by atoms with Crippen LogP contribution in [0.1, 0.15) is 11.1 Å². The molecule has 2 aromatic rings.